The van der Waals surface area contributed by atoms with Crippen LogP contribution in [0.15, 0.2) is 42.5 Å². The van der Waals surface area contributed by atoms with Crippen LogP contribution in [0.5, 0.6) is 11.5 Å². The van der Waals surface area contributed by atoms with Crippen molar-refractivity contribution in [3.8, 4) is 11.5 Å². The van der Waals surface area contributed by atoms with Gasteiger partial charge in [-0.3, -0.25) is 4.79 Å². The molecule has 6 heteroatoms. The monoisotopic (exact) mass is 374 g/mol. The van der Waals surface area contributed by atoms with Crippen LogP contribution in [0, 0.1) is 0 Å². The van der Waals surface area contributed by atoms with E-state index in [1.807, 2.05) is 56.3 Å². The van der Waals surface area contributed by atoms with Gasteiger partial charge in [0.1, 0.15) is 13.2 Å². The summed E-state index contributed by atoms with van der Waals surface area (Å²) >= 11 is 6.19. The molecule has 0 saturated carbocycles. The molecule has 2 aromatic rings. The van der Waals surface area contributed by atoms with E-state index in [9.17, 15) is 4.79 Å². The molecule has 0 spiro atoms. The van der Waals surface area contributed by atoms with Gasteiger partial charge in [-0.05, 0) is 43.2 Å². The number of nitrogens with one attached hydrogen (secondary N) is 2. The molecule has 5 nitrogen and oxygen atoms in total. The van der Waals surface area contributed by atoms with Crippen LogP contribution in [0.25, 0.3) is 0 Å². The Morgan fingerprint density at radius 2 is 1.81 bits per heavy atom. The summed E-state index contributed by atoms with van der Waals surface area (Å²) in [6.45, 7) is 5.25. The van der Waals surface area contributed by atoms with Crippen molar-refractivity contribution in [1.29, 1.82) is 0 Å². The molecule has 0 radical (unpaired) electrons. The lowest BCUT2D eigenvalue weighted by molar-refractivity contribution is -0.121. The lowest BCUT2D eigenvalue weighted by Gasteiger charge is -2.21. The molecule has 2 aromatic carbocycles. The summed E-state index contributed by atoms with van der Waals surface area (Å²) < 4.78 is 11.1. The van der Waals surface area contributed by atoms with Crippen LogP contribution < -0.4 is 20.1 Å². The van der Waals surface area contributed by atoms with Crippen LogP contribution in [-0.4, -0.2) is 25.7 Å². The van der Waals surface area contributed by atoms with Gasteiger partial charge in [0.05, 0.1) is 12.6 Å². The standard InChI is InChI=1S/C20H23ClN2O3/c1-13(15-7-8-18-19(11-15)26-10-9-25-18)23-20(24)12-22-14(2)16-5-3-4-6-17(16)21/h3-8,11,13-14,22H,9-10,12H2,1-2H3,(H,23,24). The lowest BCUT2D eigenvalue weighted by atomic mass is 10.1. The molecule has 0 bridgehead atoms. The van der Waals surface area contributed by atoms with Gasteiger partial charge in [0.2, 0.25) is 5.91 Å². The summed E-state index contributed by atoms with van der Waals surface area (Å²) in [5.41, 5.74) is 1.95. The molecule has 2 N–H and O–H groups in total. The number of halogens is 1. The van der Waals surface area contributed by atoms with E-state index in [0.717, 1.165) is 22.6 Å². The first-order valence-corrected chi connectivity index (χ1v) is 9.09. The fourth-order valence-corrected chi connectivity index (χ4v) is 3.19. The smallest absolute Gasteiger partial charge is 0.234 e. The highest BCUT2D eigenvalue weighted by molar-refractivity contribution is 6.31. The van der Waals surface area contributed by atoms with E-state index < -0.39 is 0 Å². The lowest BCUT2D eigenvalue weighted by Crippen LogP contribution is -2.36. The van der Waals surface area contributed by atoms with E-state index in [2.05, 4.69) is 10.6 Å². The summed E-state index contributed by atoms with van der Waals surface area (Å²) in [5, 5.41) is 6.89. The Bertz CT molecular complexity index is 781. The summed E-state index contributed by atoms with van der Waals surface area (Å²) in [4.78, 5) is 12.3. The van der Waals surface area contributed by atoms with Crippen LogP contribution in [0.1, 0.15) is 37.1 Å². The molecule has 2 unspecified atom stereocenters. The Morgan fingerprint density at radius 3 is 2.58 bits per heavy atom. The van der Waals surface area contributed by atoms with E-state index in [1.165, 1.54) is 0 Å². The molecular formula is C20H23ClN2O3. The van der Waals surface area contributed by atoms with Crippen molar-refractivity contribution in [1.82, 2.24) is 10.6 Å². The number of hydrogen-bond acceptors (Lipinski definition) is 4. The molecule has 0 aromatic heterocycles. The zero-order valence-electron chi connectivity index (χ0n) is 14.9. The molecule has 0 fully saturated rings. The molecule has 1 heterocycles. The molecule has 26 heavy (non-hydrogen) atoms. The van der Waals surface area contributed by atoms with Crippen LogP contribution in [0.4, 0.5) is 0 Å². The molecule has 1 aliphatic rings. The number of rotatable bonds is 6. The summed E-state index contributed by atoms with van der Waals surface area (Å²) in [7, 11) is 0. The van der Waals surface area contributed by atoms with E-state index in [0.29, 0.717) is 18.2 Å². The maximum absolute atomic E-state index is 12.3. The average Bonchev–Trinajstić information content (AvgIpc) is 2.66. The zero-order valence-corrected chi connectivity index (χ0v) is 15.7. The van der Waals surface area contributed by atoms with Gasteiger partial charge in [-0.25, -0.2) is 0 Å². The van der Waals surface area contributed by atoms with Gasteiger partial charge in [0.15, 0.2) is 11.5 Å². The molecule has 138 valence electrons. The fourth-order valence-electron chi connectivity index (χ4n) is 2.89. The largest absolute Gasteiger partial charge is 0.486 e. The maximum atomic E-state index is 12.3. The van der Waals surface area contributed by atoms with Crippen LogP contribution in [0.2, 0.25) is 5.02 Å². The van der Waals surface area contributed by atoms with E-state index in [1.54, 1.807) is 0 Å². The molecule has 0 aliphatic carbocycles. The molecule has 0 saturated heterocycles. The normalized spacial score (nSPS) is 15.2. The zero-order chi connectivity index (χ0) is 18.5. The van der Waals surface area contributed by atoms with E-state index >= 15 is 0 Å². The Kier molecular flexibility index (Phi) is 6.01. The second-order valence-corrected chi connectivity index (χ2v) is 6.72. The van der Waals surface area contributed by atoms with Crippen molar-refractivity contribution in [2.45, 2.75) is 25.9 Å². The Hall–Kier alpha value is -2.24. The average molecular weight is 375 g/mol. The van der Waals surface area contributed by atoms with Gasteiger partial charge in [-0.15, -0.1) is 0 Å². The molecule has 1 aliphatic heterocycles. The topological polar surface area (TPSA) is 59.6 Å². The van der Waals surface area contributed by atoms with Gasteiger partial charge in [0, 0.05) is 11.1 Å². The van der Waals surface area contributed by atoms with Crippen molar-refractivity contribution in [2.24, 2.45) is 0 Å². The van der Waals surface area contributed by atoms with Crippen molar-refractivity contribution in [3.05, 3.63) is 58.6 Å². The number of hydrogen-bond donors (Lipinski definition) is 2. The van der Waals surface area contributed by atoms with Crippen molar-refractivity contribution in [3.63, 3.8) is 0 Å². The van der Waals surface area contributed by atoms with Crippen molar-refractivity contribution < 1.29 is 14.3 Å². The minimum Gasteiger partial charge on any atom is -0.486 e. The second kappa shape index (κ2) is 8.43. The predicted molar refractivity (Wildman–Crippen MR) is 102 cm³/mol. The first kappa shape index (κ1) is 18.5. The number of amides is 1. The van der Waals surface area contributed by atoms with Crippen LogP contribution in [0.3, 0.4) is 0 Å². The maximum Gasteiger partial charge on any atom is 0.234 e. The first-order chi connectivity index (χ1) is 12.5. The minimum absolute atomic E-state index is 0.0148. The third-order valence-corrected chi connectivity index (χ3v) is 4.73. The van der Waals surface area contributed by atoms with E-state index in [4.69, 9.17) is 21.1 Å². The van der Waals surface area contributed by atoms with Gasteiger partial charge < -0.3 is 20.1 Å². The summed E-state index contributed by atoms with van der Waals surface area (Å²) in [5.74, 6) is 1.39. The Morgan fingerprint density at radius 1 is 1.08 bits per heavy atom. The first-order valence-electron chi connectivity index (χ1n) is 8.71. The van der Waals surface area contributed by atoms with Crippen LogP contribution >= 0.6 is 11.6 Å². The van der Waals surface area contributed by atoms with E-state index in [-0.39, 0.29) is 24.5 Å². The van der Waals surface area contributed by atoms with Gasteiger partial charge in [0.25, 0.3) is 0 Å². The number of carbonyl (C=O) groups excluding carboxylic acids is 1. The third-order valence-electron chi connectivity index (χ3n) is 4.38. The van der Waals surface area contributed by atoms with Crippen molar-refractivity contribution >= 4 is 17.5 Å². The molecule has 1 amide bonds. The van der Waals surface area contributed by atoms with Gasteiger partial charge in [-0.1, -0.05) is 35.9 Å². The third kappa shape index (κ3) is 4.48. The fraction of sp³-hybridized carbons (Fsp3) is 0.350. The molecule has 2 atom stereocenters. The van der Waals surface area contributed by atoms with Crippen molar-refractivity contribution in [2.75, 3.05) is 19.8 Å². The Labute approximate surface area is 158 Å². The molecule has 3 rings (SSSR count). The predicted octanol–water partition coefficient (Wildman–Crippen LogP) is 3.64. The highest BCUT2D eigenvalue weighted by Crippen LogP contribution is 2.32. The Balaban J connectivity index is 1.54. The van der Waals surface area contributed by atoms with Crippen LogP contribution in [-0.2, 0) is 4.79 Å². The minimum atomic E-state index is -0.129. The quantitative estimate of drug-likeness (QED) is 0.810. The second-order valence-electron chi connectivity index (χ2n) is 6.32. The highest BCUT2D eigenvalue weighted by atomic mass is 35.5. The number of benzene rings is 2. The number of ether oxygens (including phenoxy) is 2. The van der Waals surface area contributed by atoms with Gasteiger partial charge in [-0.2, -0.15) is 0 Å². The number of fused-ring (bicyclic) bond motifs is 1. The summed E-state index contributed by atoms with van der Waals surface area (Å²) in [6.07, 6.45) is 0. The number of carbonyl (C=O) groups is 1. The highest BCUT2D eigenvalue weighted by Gasteiger charge is 2.16. The molecular weight excluding hydrogens is 352 g/mol. The summed E-state index contributed by atoms with van der Waals surface area (Å²) in [6, 6.07) is 13.2. The SMILES string of the molecule is CC(NC(=O)CNC(C)c1ccccc1Cl)c1ccc2c(c1)OCCO2. The van der Waals surface area contributed by atoms with Gasteiger partial charge >= 0.3 is 0 Å².